The molecular formula is C26H26N2O3. The molecule has 0 bridgehead atoms. The van der Waals surface area contributed by atoms with Crippen molar-refractivity contribution in [2.24, 2.45) is 17.3 Å². The number of imide groups is 1. The average Bonchev–Trinajstić information content (AvgIpc) is 3.20. The molecule has 0 unspecified atom stereocenters. The van der Waals surface area contributed by atoms with Crippen molar-refractivity contribution in [1.82, 2.24) is 4.90 Å². The number of nitrogens with zero attached hydrogens (tertiary/aromatic N) is 2. The van der Waals surface area contributed by atoms with Crippen molar-refractivity contribution in [3.63, 3.8) is 0 Å². The van der Waals surface area contributed by atoms with Gasteiger partial charge in [-0.25, -0.2) is 4.90 Å². The summed E-state index contributed by atoms with van der Waals surface area (Å²) in [5, 5.41) is 0. The molecule has 0 radical (unpaired) electrons. The molecule has 4 atom stereocenters. The largest absolute Gasteiger partial charge is 0.359 e. The van der Waals surface area contributed by atoms with Gasteiger partial charge in [0.2, 0.25) is 11.8 Å². The van der Waals surface area contributed by atoms with Crippen molar-refractivity contribution in [1.29, 1.82) is 0 Å². The number of anilines is 1. The van der Waals surface area contributed by atoms with Crippen LogP contribution in [0.3, 0.4) is 0 Å². The van der Waals surface area contributed by atoms with E-state index in [9.17, 15) is 14.4 Å². The summed E-state index contributed by atoms with van der Waals surface area (Å²) in [4.78, 5) is 44.2. The first-order valence-corrected chi connectivity index (χ1v) is 10.7. The summed E-state index contributed by atoms with van der Waals surface area (Å²) >= 11 is 0. The molecule has 2 saturated heterocycles. The zero-order chi connectivity index (χ0) is 22.1. The lowest BCUT2D eigenvalue weighted by Gasteiger charge is -2.37. The summed E-state index contributed by atoms with van der Waals surface area (Å²) in [6, 6.07) is 14.3. The first kappa shape index (κ1) is 19.7. The topological polar surface area (TPSA) is 57.7 Å². The lowest BCUT2D eigenvalue weighted by atomic mass is 9.79. The average molecular weight is 415 g/mol. The number of fused-ring (bicyclic) bond motifs is 5. The van der Waals surface area contributed by atoms with Gasteiger partial charge >= 0.3 is 0 Å². The van der Waals surface area contributed by atoms with Gasteiger partial charge in [-0.15, -0.1) is 0 Å². The number of hydrogen-bond acceptors (Lipinski definition) is 4. The molecule has 5 rings (SSSR count). The maximum absolute atomic E-state index is 13.7. The Morgan fingerprint density at radius 2 is 1.55 bits per heavy atom. The first-order valence-electron chi connectivity index (χ1n) is 10.7. The van der Waals surface area contributed by atoms with E-state index in [2.05, 4.69) is 0 Å². The Balaban J connectivity index is 1.66. The van der Waals surface area contributed by atoms with Crippen LogP contribution in [0.4, 0.5) is 5.69 Å². The Hall–Kier alpha value is -3.21. The maximum Gasteiger partial charge on any atom is 0.240 e. The number of benzene rings is 2. The first-order chi connectivity index (χ1) is 14.7. The Labute approximate surface area is 182 Å². The lowest BCUT2D eigenvalue weighted by molar-refractivity contribution is -0.135. The number of amides is 2. The number of rotatable bonds is 2. The molecular weight excluding hydrogens is 388 g/mol. The number of carbonyl (C=O) groups is 3. The third-order valence-electron chi connectivity index (χ3n) is 6.76. The fourth-order valence-corrected chi connectivity index (χ4v) is 5.25. The molecule has 3 aliphatic rings. The molecule has 31 heavy (non-hydrogen) atoms. The third-order valence-corrected chi connectivity index (χ3v) is 6.76. The number of ketones is 1. The van der Waals surface area contributed by atoms with E-state index >= 15 is 0 Å². The third kappa shape index (κ3) is 2.79. The fraction of sp³-hybridized carbons (Fsp3) is 0.346. The highest BCUT2D eigenvalue weighted by atomic mass is 16.2. The molecule has 2 amide bonds. The highest BCUT2D eigenvalue weighted by Crippen LogP contribution is 2.54. The second-order valence-electron chi connectivity index (χ2n) is 9.79. The molecule has 0 N–H and O–H groups in total. The van der Waals surface area contributed by atoms with Gasteiger partial charge in [-0.1, -0.05) is 62.7 Å². The molecule has 0 aromatic heterocycles. The van der Waals surface area contributed by atoms with Gasteiger partial charge in [0.1, 0.15) is 6.04 Å². The number of aryl methyl sites for hydroxylation is 1. The van der Waals surface area contributed by atoms with Gasteiger partial charge in [0.25, 0.3) is 0 Å². The van der Waals surface area contributed by atoms with Gasteiger partial charge in [-0.2, -0.15) is 0 Å². The van der Waals surface area contributed by atoms with E-state index in [4.69, 9.17) is 0 Å². The number of hydrogen-bond donors (Lipinski definition) is 0. The molecule has 0 spiro atoms. The van der Waals surface area contributed by atoms with E-state index in [1.54, 1.807) is 12.1 Å². The standard InChI is InChI=1S/C26H26N2O3/c1-15-9-11-17(12-10-15)28-24(30)19-20(25(28)31)22(23(29)26(2,3)4)27-14-13-16-7-5-6-8-18(16)21(19)27/h5-14,19-22H,1-4H3/t19-,20+,21+,22-/m0/s1. The van der Waals surface area contributed by atoms with Crippen LogP contribution in [0.15, 0.2) is 54.7 Å². The van der Waals surface area contributed by atoms with E-state index in [0.29, 0.717) is 5.69 Å². The van der Waals surface area contributed by atoms with Crippen LogP contribution in [-0.4, -0.2) is 28.5 Å². The van der Waals surface area contributed by atoms with Gasteiger partial charge in [0.15, 0.2) is 5.78 Å². The molecule has 2 fully saturated rings. The predicted molar refractivity (Wildman–Crippen MR) is 119 cm³/mol. The summed E-state index contributed by atoms with van der Waals surface area (Å²) in [6.07, 6.45) is 3.87. The van der Waals surface area contributed by atoms with Crippen LogP contribution < -0.4 is 4.90 Å². The monoisotopic (exact) mass is 414 g/mol. The SMILES string of the molecule is Cc1ccc(N2C(=O)[C@@H]3[C@H](C2=O)[C@H]2c4ccccc4C=CN2[C@@H]3C(=O)C(C)(C)C)cc1. The number of Topliss-reactive ketones (excluding diaryl/α,β-unsaturated/α-hetero) is 1. The zero-order valence-corrected chi connectivity index (χ0v) is 18.2. The van der Waals surface area contributed by atoms with Crippen LogP contribution in [0.5, 0.6) is 0 Å². The van der Waals surface area contributed by atoms with E-state index in [1.165, 1.54) is 4.90 Å². The van der Waals surface area contributed by atoms with E-state index in [-0.39, 0.29) is 23.6 Å². The van der Waals surface area contributed by atoms with Crippen molar-refractivity contribution in [2.75, 3.05) is 4.90 Å². The quantitative estimate of drug-likeness (QED) is 0.694. The lowest BCUT2D eigenvalue weighted by Crippen LogP contribution is -2.47. The van der Waals surface area contributed by atoms with Crippen LogP contribution in [0.1, 0.15) is 43.5 Å². The summed E-state index contributed by atoms with van der Waals surface area (Å²) < 4.78 is 0. The fourth-order valence-electron chi connectivity index (χ4n) is 5.25. The summed E-state index contributed by atoms with van der Waals surface area (Å²) in [7, 11) is 0. The smallest absolute Gasteiger partial charge is 0.240 e. The Bertz CT molecular complexity index is 1130. The molecule has 5 nitrogen and oxygen atoms in total. The molecule has 2 aromatic carbocycles. The van der Waals surface area contributed by atoms with Crippen molar-refractivity contribution in [3.8, 4) is 0 Å². The Morgan fingerprint density at radius 1 is 0.903 bits per heavy atom. The minimum atomic E-state index is -0.693. The minimum absolute atomic E-state index is 0.0130. The molecule has 3 heterocycles. The van der Waals surface area contributed by atoms with Crippen LogP contribution in [0.2, 0.25) is 0 Å². The second kappa shape index (κ2) is 6.64. The minimum Gasteiger partial charge on any atom is -0.359 e. The summed E-state index contributed by atoms with van der Waals surface area (Å²) in [5.74, 6) is -1.79. The van der Waals surface area contributed by atoms with E-state index in [0.717, 1.165) is 16.7 Å². The van der Waals surface area contributed by atoms with Crippen LogP contribution in [0, 0.1) is 24.2 Å². The highest BCUT2D eigenvalue weighted by molar-refractivity contribution is 6.24. The van der Waals surface area contributed by atoms with Gasteiger partial charge < -0.3 is 4.90 Å². The normalized spacial score (nSPS) is 26.7. The zero-order valence-electron chi connectivity index (χ0n) is 18.2. The molecule has 158 valence electrons. The molecule has 5 heteroatoms. The Kier molecular flexibility index (Phi) is 4.23. The van der Waals surface area contributed by atoms with Gasteiger partial charge in [0, 0.05) is 11.6 Å². The van der Waals surface area contributed by atoms with E-state index < -0.39 is 23.3 Å². The van der Waals surface area contributed by atoms with Crippen molar-refractivity contribution in [2.45, 2.75) is 39.8 Å². The Morgan fingerprint density at radius 3 is 2.23 bits per heavy atom. The van der Waals surface area contributed by atoms with Crippen molar-refractivity contribution in [3.05, 3.63) is 71.4 Å². The van der Waals surface area contributed by atoms with Gasteiger partial charge in [-0.05, 0) is 36.3 Å². The molecule has 2 aromatic rings. The molecule has 0 saturated carbocycles. The van der Waals surface area contributed by atoms with Crippen LogP contribution in [-0.2, 0) is 14.4 Å². The van der Waals surface area contributed by atoms with Gasteiger partial charge in [0.05, 0.1) is 23.6 Å². The summed E-state index contributed by atoms with van der Waals surface area (Å²) in [6.45, 7) is 7.59. The van der Waals surface area contributed by atoms with Crippen molar-refractivity contribution < 1.29 is 14.4 Å². The maximum atomic E-state index is 13.7. The molecule has 0 aliphatic carbocycles. The predicted octanol–water partition coefficient (Wildman–Crippen LogP) is 4.13. The van der Waals surface area contributed by atoms with Crippen LogP contribution in [0.25, 0.3) is 6.08 Å². The molecule has 3 aliphatic heterocycles. The van der Waals surface area contributed by atoms with Crippen LogP contribution >= 0.6 is 0 Å². The highest BCUT2D eigenvalue weighted by Gasteiger charge is 2.65. The second-order valence-corrected chi connectivity index (χ2v) is 9.79. The van der Waals surface area contributed by atoms with E-state index in [1.807, 2.05) is 81.3 Å². The number of carbonyl (C=O) groups excluding carboxylic acids is 3. The van der Waals surface area contributed by atoms with Gasteiger partial charge in [-0.3, -0.25) is 14.4 Å². The van der Waals surface area contributed by atoms with Crippen molar-refractivity contribution >= 4 is 29.4 Å². The summed E-state index contributed by atoms with van der Waals surface area (Å²) in [5.41, 5.74) is 3.02.